The predicted molar refractivity (Wildman–Crippen MR) is 52.9 cm³/mol. The highest BCUT2D eigenvalue weighted by molar-refractivity contribution is 9.10. The number of hydrogen-bond donors (Lipinski definition) is 2. The molecule has 76 valence electrons. The summed E-state index contributed by atoms with van der Waals surface area (Å²) in [6.45, 7) is 0.379. The Bertz CT molecular complexity index is 345. The Hall–Kier alpha value is -1.21. The molecule has 0 aliphatic heterocycles. The molecule has 0 aliphatic carbocycles. The first-order chi connectivity index (χ1) is 6.65. The third kappa shape index (κ3) is 2.64. The zero-order valence-corrected chi connectivity index (χ0v) is 8.74. The van der Waals surface area contributed by atoms with Gasteiger partial charge in [-0.15, -0.1) is 0 Å². The smallest absolute Gasteiger partial charge is 0.309 e. The van der Waals surface area contributed by atoms with Crippen LogP contribution in [0.25, 0.3) is 0 Å². The van der Waals surface area contributed by atoms with E-state index in [9.17, 15) is 10.1 Å². The zero-order chi connectivity index (χ0) is 10.6. The number of H-pyrrole nitrogens is 1. The fourth-order valence-corrected chi connectivity index (χ4v) is 1.37. The SMILES string of the molecule is O=[N+]([O-])c1c[nH+]c(NCCO)c(Br)c1. The van der Waals surface area contributed by atoms with Crippen LogP contribution in [-0.4, -0.2) is 23.2 Å². The minimum atomic E-state index is -0.489. The van der Waals surface area contributed by atoms with Crippen molar-refractivity contribution in [2.24, 2.45) is 0 Å². The van der Waals surface area contributed by atoms with Gasteiger partial charge in [0.15, 0.2) is 6.20 Å². The highest BCUT2D eigenvalue weighted by Gasteiger charge is 2.13. The summed E-state index contributed by atoms with van der Waals surface area (Å²) in [5.41, 5.74) is -0.0218. The normalized spacial score (nSPS) is 9.86. The van der Waals surface area contributed by atoms with Crippen molar-refractivity contribution in [2.45, 2.75) is 0 Å². The van der Waals surface area contributed by atoms with E-state index in [0.717, 1.165) is 0 Å². The van der Waals surface area contributed by atoms with Crippen molar-refractivity contribution >= 4 is 27.4 Å². The van der Waals surface area contributed by atoms with Gasteiger partial charge >= 0.3 is 5.69 Å². The van der Waals surface area contributed by atoms with Crippen LogP contribution in [0.5, 0.6) is 0 Å². The number of nitro groups is 1. The number of aliphatic hydroxyl groups is 1. The zero-order valence-electron chi connectivity index (χ0n) is 7.16. The van der Waals surface area contributed by atoms with E-state index in [1.165, 1.54) is 12.3 Å². The molecule has 0 aliphatic rings. The number of anilines is 1. The minimum absolute atomic E-state index is 0.00271. The number of nitrogens with zero attached hydrogens (tertiary/aromatic N) is 1. The van der Waals surface area contributed by atoms with Crippen LogP contribution in [0, 0.1) is 10.1 Å². The Morgan fingerprint density at radius 3 is 2.93 bits per heavy atom. The van der Waals surface area contributed by atoms with Gasteiger partial charge < -0.3 is 5.11 Å². The summed E-state index contributed by atoms with van der Waals surface area (Å²) in [5, 5.41) is 21.8. The molecule has 1 aromatic rings. The van der Waals surface area contributed by atoms with Crippen LogP contribution in [0.2, 0.25) is 0 Å². The van der Waals surface area contributed by atoms with E-state index in [2.05, 4.69) is 26.2 Å². The Morgan fingerprint density at radius 1 is 1.71 bits per heavy atom. The topological polar surface area (TPSA) is 89.5 Å². The average Bonchev–Trinajstić information content (AvgIpc) is 2.15. The molecule has 6 nitrogen and oxygen atoms in total. The van der Waals surface area contributed by atoms with Gasteiger partial charge in [0.2, 0.25) is 0 Å². The van der Waals surface area contributed by atoms with Gasteiger partial charge in [-0.2, -0.15) is 0 Å². The van der Waals surface area contributed by atoms with Crippen LogP contribution < -0.4 is 10.3 Å². The molecular formula is C7H9BrN3O3+. The summed E-state index contributed by atoms with van der Waals surface area (Å²) in [6, 6.07) is 1.39. The van der Waals surface area contributed by atoms with E-state index < -0.39 is 4.92 Å². The maximum Gasteiger partial charge on any atom is 0.309 e. The molecule has 3 N–H and O–H groups in total. The third-order valence-corrected chi connectivity index (χ3v) is 2.13. The van der Waals surface area contributed by atoms with Gasteiger partial charge in [0.05, 0.1) is 11.5 Å². The average molecular weight is 263 g/mol. The molecule has 0 saturated carbocycles. The molecule has 7 heteroatoms. The second kappa shape index (κ2) is 4.87. The van der Waals surface area contributed by atoms with E-state index in [-0.39, 0.29) is 12.3 Å². The quantitative estimate of drug-likeness (QED) is 0.614. The van der Waals surface area contributed by atoms with Crippen molar-refractivity contribution in [1.82, 2.24) is 0 Å². The lowest BCUT2D eigenvalue weighted by atomic mass is 10.4. The largest absolute Gasteiger partial charge is 0.392 e. The second-order valence-electron chi connectivity index (χ2n) is 2.49. The van der Waals surface area contributed by atoms with Gasteiger partial charge in [0, 0.05) is 6.07 Å². The Morgan fingerprint density at radius 2 is 2.43 bits per heavy atom. The highest BCUT2D eigenvalue weighted by Crippen LogP contribution is 2.21. The first-order valence-electron chi connectivity index (χ1n) is 3.85. The number of aromatic amines is 1. The Balaban J connectivity index is 2.84. The molecule has 0 radical (unpaired) electrons. The summed E-state index contributed by atoms with van der Waals surface area (Å²) in [5.74, 6) is 0.602. The molecule has 1 heterocycles. The number of rotatable bonds is 4. The van der Waals surface area contributed by atoms with Crippen LogP contribution in [0.1, 0.15) is 0 Å². The van der Waals surface area contributed by atoms with Gasteiger partial charge in [0.1, 0.15) is 11.0 Å². The van der Waals surface area contributed by atoms with Crippen LogP contribution in [-0.2, 0) is 0 Å². The van der Waals surface area contributed by atoms with Crippen LogP contribution in [0.15, 0.2) is 16.7 Å². The molecule has 1 rings (SSSR count). The lowest BCUT2D eigenvalue weighted by molar-refractivity contribution is -0.413. The standard InChI is InChI=1S/C7H8BrN3O3/c8-6-3-5(11(13)14)4-10-7(6)9-1-2-12/h3-4,12H,1-2H2,(H,9,10)/p+1. The minimum Gasteiger partial charge on any atom is -0.392 e. The molecule has 0 aromatic carbocycles. The number of aliphatic hydroxyl groups excluding tert-OH is 1. The molecular weight excluding hydrogens is 254 g/mol. The monoisotopic (exact) mass is 262 g/mol. The molecule has 0 fully saturated rings. The lowest BCUT2D eigenvalue weighted by Crippen LogP contribution is -2.16. The van der Waals surface area contributed by atoms with Crippen LogP contribution >= 0.6 is 15.9 Å². The molecule has 0 amide bonds. The van der Waals surface area contributed by atoms with Crippen molar-refractivity contribution in [3.05, 3.63) is 26.9 Å². The predicted octanol–water partition coefficient (Wildman–Crippen LogP) is 0.576. The number of halogens is 1. The maximum absolute atomic E-state index is 10.4. The summed E-state index contributed by atoms with van der Waals surface area (Å²) in [6.07, 6.45) is 1.28. The molecule has 0 saturated heterocycles. The fraction of sp³-hybridized carbons (Fsp3) is 0.286. The summed E-state index contributed by atoms with van der Waals surface area (Å²) < 4.78 is 0.556. The molecule has 0 unspecified atom stereocenters. The first-order valence-corrected chi connectivity index (χ1v) is 4.65. The molecule has 0 bridgehead atoms. The van der Waals surface area contributed by atoms with Gasteiger partial charge in [-0.3, -0.25) is 15.4 Å². The number of nitrogens with one attached hydrogen (secondary N) is 2. The fourth-order valence-electron chi connectivity index (χ4n) is 0.881. The molecule has 1 aromatic heterocycles. The van der Waals surface area contributed by atoms with Crippen molar-refractivity contribution < 1.29 is 15.0 Å². The lowest BCUT2D eigenvalue weighted by Gasteiger charge is -1.98. The van der Waals surface area contributed by atoms with Crippen molar-refractivity contribution in [1.29, 1.82) is 0 Å². The number of hydrogen-bond acceptors (Lipinski definition) is 4. The first kappa shape index (κ1) is 10.9. The van der Waals surface area contributed by atoms with Crippen LogP contribution in [0.4, 0.5) is 11.5 Å². The van der Waals surface area contributed by atoms with E-state index in [0.29, 0.717) is 16.8 Å². The Kier molecular flexibility index (Phi) is 3.78. The maximum atomic E-state index is 10.4. The van der Waals surface area contributed by atoms with Gasteiger partial charge in [-0.25, -0.2) is 4.98 Å². The van der Waals surface area contributed by atoms with E-state index in [1.54, 1.807) is 0 Å². The van der Waals surface area contributed by atoms with E-state index >= 15 is 0 Å². The highest BCUT2D eigenvalue weighted by atomic mass is 79.9. The van der Waals surface area contributed by atoms with Crippen LogP contribution in [0.3, 0.4) is 0 Å². The van der Waals surface area contributed by atoms with Crippen molar-refractivity contribution in [2.75, 3.05) is 18.5 Å². The molecule has 14 heavy (non-hydrogen) atoms. The number of pyridine rings is 1. The van der Waals surface area contributed by atoms with E-state index in [1.807, 2.05) is 0 Å². The third-order valence-electron chi connectivity index (χ3n) is 1.50. The van der Waals surface area contributed by atoms with E-state index in [4.69, 9.17) is 5.11 Å². The van der Waals surface area contributed by atoms with Gasteiger partial charge in [-0.1, -0.05) is 0 Å². The van der Waals surface area contributed by atoms with Gasteiger partial charge in [-0.05, 0) is 15.9 Å². The molecule has 0 atom stereocenters. The summed E-state index contributed by atoms with van der Waals surface area (Å²) in [7, 11) is 0. The Labute approximate surface area is 88.2 Å². The van der Waals surface area contributed by atoms with Crippen molar-refractivity contribution in [3.8, 4) is 0 Å². The second-order valence-corrected chi connectivity index (χ2v) is 3.34. The van der Waals surface area contributed by atoms with Gasteiger partial charge in [0.25, 0.3) is 5.82 Å². The number of aromatic nitrogens is 1. The van der Waals surface area contributed by atoms with Crippen molar-refractivity contribution in [3.63, 3.8) is 0 Å². The summed E-state index contributed by atoms with van der Waals surface area (Å²) in [4.78, 5) is 12.6. The molecule has 0 spiro atoms. The summed E-state index contributed by atoms with van der Waals surface area (Å²) >= 11 is 3.17.